The minimum atomic E-state index is -0.596. The molecule has 9 heteroatoms. The van der Waals surface area contributed by atoms with Crippen molar-refractivity contribution in [3.05, 3.63) is 35.9 Å². The topological polar surface area (TPSA) is 110 Å². The number of hydrogen-bond acceptors (Lipinski definition) is 9. The quantitative estimate of drug-likeness (QED) is 0.192. The second-order valence-electron chi connectivity index (χ2n) is 8.65. The molecule has 9 nitrogen and oxygen atoms in total. The number of aliphatic hydroxyl groups is 1. The van der Waals surface area contributed by atoms with Crippen LogP contribution in [0.4, 0.5) is 0 Å². The van der Waals surface area contributed by atoms with E-state index in [4.69, 9.17) is 28.8 Å². The van der Waals surface area contributed by atoms with Crippen LogP contribution in [-0.2, 0) is 28.5 Å². The Morgan fingerprint density at radius 1 is 1.00 bits per heavy atom. The largest absolute Gasteiger partial charge is 0.459 e. The summed E-state index contributed by atoms with van der Waals surface area (Å²) < 4.78 is 27.7. The standard InChI is InChI=1S/C25H40N2O7/c1-21(27(11-10-26)20-23(29)34-25(2,3)4)24(22-8-6-5-7-9-22)33-19-18-32-17-16-31-15-14-30-13-12-28/h5-9,21,24,28H,11-20H2,1-4H3/t21-,24-/m0/s1. The van der Waals surface area contributed by atoms with Crippen LogP contribution in [0.1, 0.15) is 39.4 Å². The van der Waals surface area contributed by atoms with Crippen molar-refractivity contribution < 1.29 is 33.6 Å². The third-order valence-corrected chi connectivity index (χ3v) is 4.67. The highest BCUT2D eigenvalue weighted by atomic mass is 16.6. The summed E-state index contributed by atoms with van der Waals surface area (Å²) in [5, 5.41) is 18.0. The number of hydrogen-bond donors (Lipinski definition) is 1. The molecule has 1 aromatic rings. The molecule has 0 unspecified atom stereocenters. The Balaban J connectivity index is 2.58. The Kier molecular flexibility index (Phi) is 15.3. The van der Waals surface area contributed by atoms with Crippen molar-refractivity contribution in [2.75, 3.05) is 65.9 Å². The monoisotopic (exact) mass is 480 g/mol. The number of nitrogens with zero attached hydrogens (tertiary/aromatic N) is 2. The summed E-state index contributed by atoms with van der Waals surface area (Å²) in [6.45, 7) is 10.2. The third-order valence-electron chi connectivity index (χ3n) is 4.67. The van der Waals surface area contributed by atoms with Crippen molar-refractivity contribution in [2.45, 2.75) is 45.4 Å². The van der Waals surface area contributed by atoms with Crippen LogP contribution in [0.25, 0.3) is 0 Å². The van der Waals surface area contributed by atoms with Crippen LogP contribution in [0.3, 0.4) is 0 Å². The van der Waals surface area contributed by atoms with Crippen LogP contribution < -0.4 is 0 Å². The molecule has 0 bridgehead atoms. The van der Waals surface area contributed by atoms with Crippen molar-refractivity contribution in [2.24, 2.45) is 0 Å². The summed E-state index contributed by atoms with van der Waals surface area (Å²) in [5.41, 5.74) is 0.356. The first kappa shape index (κ1) is 30.0. The van der Waals surface area contributed by atoms with Crippen molar-refractivity contribution in [3.63, 3.8) is 0 Å². The van der Waals surface area contributed by atoms with Gasteiger partial charge in [0.25, 0.3) is 0 Å². The van der Waals surface area contributed by atoms with Gasteiger partial charge in [-0.3, -0.25) is 9.69 Å². The van der Waals surface area contributed by atoms with E-state index < -0.39 is 5.60 Å². The Morgan fingerprint density at radius 3 is 2.09 bits per heavy atom. The van der Waals surface area contributed by atoms with Gasteiger partial charge in [0, 0.05) is 6.04 Å². The summed E-state index contributed by atoms with van der Waals surface area (Å²) in [4.78, 5) is 14.2. The number of nitriles is 1. The number of carbonyl (C=O) groups is 1. The molecular formula is C25H40N2O7. The van der Waals surface area contributed by atoms with Crippen LogP contribution in [-0.4, -0.2) is 93.6 Å². The van der Waals surface area contributed by atoms with Crippen molar-refractivity contribution >= 4 is 5.97 Å². The fraction of sp³-hybridized carbons (Fsp3) is 0.680. The summed E-state index contributed by atoms with van der Waals surface area (Å²) in [5.74, 6) is -0.383. The maximum Gasteiger partial charge on any atom is 0.320 e. The zero-order valence-electron chi connectivity index (χ0n) is 20.9. The molecule has 0 spiro atoms. The number of rotatable bonds is 18. The molecule has 192 valence electrons. The van der Waals surface area contributed by atoms with Crippen molar-refractivity contribution in [3.8, 4) is 6.07 Å². The molecule has 0 aromatic heterocycles. The van der Waals surface area contributed by atoms with Gasteiger partial charge in [0.1, 0.15) is 5.60 Å². The van der Waals surface area contributed by atoms with Gasteiger partial charge in [-0.2, -0.15) is 5.26 Å². The predicted molar refractivity (Wildman–Crippen MR) is 127 cm³/mol. The van der Waals surface area contributed by atoms with Gasteiger partial charge in [-0.1, -0.05) is 30.3 Å². The lowest BCUT2D eigenvalue weighted by Crippen LogP contribution is -2.43. The second-order valence-corrected chi connectivity index (χ2v) is 8.65. The summed E-state index contributed by atoms with van der Waals surface area (Å²) in [7, 11) is 0. The van der Waals surface area contributed by atoms with Gasteiger partial charge >= 0.3 is 5.97 Å². The smallest absolute Gasteiger partial charge is 0.320 e. The van der Waals surface area contributed by atoms with Gasteiger partial charge in [0.05, 0.1) is 78.1 Å². The molecule has 0 aliphatic rings. The maximum atomic E-state index is 12.4. The molecular weight excluding hydrogens is 440 g/mol. The van der Waals surface area contributed by atoms with E-state index in [-0.39, 0.29) is 37.8 Å². The molecule has 1 aromatic carbocycles. The molecule has 2 atom stereocenters. The zero-order valence-corrected chi connectivity index (χ0v) is 20.9. The van der Waals surface area contributed by atoms with E-state index in [9.17, 15) is 10.1 Å². The molecule has 0 saturated carbocycles. The molecule has 0 saturated heterocycles. The van der Waals surface area contributed by atoms with E-state index >= 15 is 0 Å². The zero-order chi connectivity index (χ0) is 25.2. The molecule has 0 heterocycles. The van der Waals surface area contributed by atoms with E-state index in [1.807, 2.05) is 58.0 Å². The first-order valence-electron chi connectivity index (χ1n) is 11.6. The predicted octanol–water partition coefficient (Wildman–Crippen LogP) is 2.34. The fourth-order valence-electron chi connectivity index (χ4n) is 3.16. The highest BCUT2D eigenvalue weighted by Gasteiger charge is 2.29. The lowest BCUT2D eigenvalue weighted by atomic mass is 10.0. The molecule has 34 heavy (non-hydrogen) atoms. The summed E-state index contributed by atoms with van der Waals surface area (Å²) in [6, 6.07) is 11.6. The minimum Gasteiger partial charge on any atom is -0.459 e. The molecule has 0 radical (unpaired) electrons. The summed E-state index contributed by atoms with van der Waals surface area (Å²) >= 11 is 0. The molecule has 0 fully saturated rings. The minimum absolute atomic E-state index is 0.000972. The van der Waals surface area contributed by atoms with Gasteiger partial charge in [0.2, 0.25) is 0 Å². The Labute approximate surface area is 203 Å². The van der Waals surface area contributed by atoms with Crippen LogP contribution in [0.2, 0.25) is 0 Å². The number of esters is 1. The van der Waals surface area contributed by atoms with Crippen molar-refractivity contribution in [1.29, 1.82) is 5.26 Å². The Hall–Kier alpha value is -2.06. The van der Waals surface area contributed by atoms with Gasteiger partial charge in [-0.25, -0.2) is 0 Å². The van der Waals surface area contributed by atoms with Crippen LogP contribution in [0.15, 0.2) is 30.3 Å². The van der Waals surface area contributed by atoms with E-state index in [1.54, 1.807) is 4.90 Å². The molecule has 1 N–H and O–H groups in total. The number of carbonyl (C=O) groups excluding carboxylic acids is 1. The summed E-state index contributed by atoms with van der Waals surface area (Å²) in [6.07, 6.45) is -0.361. The second kappa shape index (κ2) is 17.4. The lowest BCUT2D eigenvalue weighted by Gasteiger charge is -2.33. The van der Waals surface area contributed by atoms with E-state index in [0.29, 0.717) is 46.2 Å². The van der Waals surface area contributed by atoms with Crippen LogP contribution in [0, 0.1) is 11.3 Å². The van der Waals surface area contributed by atoms with Gasteiger partial charge in [0.15, 0.2) is 0 Å². The SMILES string of the molecule is C[C@@H]([C@H](OCCOCCOCCOCCO)c1ccccc1)N(CC#N)CC(=O)OC(C)(C)C. The van der Waals surface area contributed by atoms with Crippen LogP contribution in [0.5, 0.6) is 0 Å². The molecule has 0 aliphatic heterocycles. The Morgan fingerprint density at radius 2 is 1.56 bits per heavy atom. The van der Waals surface area contributed by atoms with Gasteiger partial charge in [-0.05, 0) is 33.3 Å². The van der Waals surface area contributed by atoms with Crippen LogP contribution >= 0.6 is 0 Å². The maximum absolute atomic E-state index is 12.4. The highest BCUT2D eigenvalue weighted by molar-refractivity contribution is 5.72. The third kappa shape index (κ3) is 13.6. The lowest BCUT2D eigenvalue weighted by molar-refractivity contribution is -0.157. The van der Waals surface area contributed by atoms with E-state index in [0.717, 1.165) is 5.56 Å². The number of aliphatic hydroxyl groups excluding tert-OH is 1. The normalized spacial score (nSPS) is 13.4. The van der Waals surface area contributed by atoms with Crippen molar-refractivity contribution in [1.82, 2.24) is 4.90 Å². The average Bonchev–Trinajstić information content (AvgIpc) is 2.78. The molecule has 1 rings (SSSR count). The first-order valence-corrected chi connectivity index (χ1v) is 11.6. The number of benzene rings is 1. The van der Waals surface area contributed by atoms with E-state index in [1.165, 1.54) is 0 Å². The van der Waals surface area contributed by atoms with E-state index in [2.05, 4.69) is 6.07 Å². The fourth-order valence-corrected chi connectivity index (χ4v) is 3.16. The van der Waals surface area contributed by atoms with Gasteiger partial charge < -0.3 is 28.8 Å². The first-order chi connectivity index (χ1) is 16.3. The average molecular weight is 481 g/mol. The number of ether oxygens (including phenoxy) is 5. The highest BCUT2D eigenvalue weighted by Crippen LogP contribution is 2.25. The molecule has 0 amide bonds. The molecule has 0 aliphatic carbocycles. The Bertz CT molecular complexity index is 703. The van der Waals surface area contributed by atoms with Gasteiger partial charge in [-0.15, -0.1) is 0 Å².